The minimum atomic E-state index is -3.16. The third-order valence-corrected chi connectivity index (χ3v) is 6.20. The molecule has 1 amide bonds. The van der Waals surface area contributed by atoms with Crippen molar-refractivity contribution < 1.29 is 13.2 Å². The fourth-order valence-corrected chi connectivity index (χ4v) is 3.81. The Labute approximate surface area is 122 Å². The molecule has 1 heterocycles. The number of hydrogen-bond acceptors (Lipinski definition) is 4. The standard InChI is InChI=1S/C13H27N3O3S/c1-4-10-20(18,19)16-8-6-15(7-9-16)12(17)13(3,5-2)11-14/h4-11,14H2,1-3H3. The molecule has 2 N–H and O–H groups in total. The van der Waals surface area contributed by atoms with Crippen molar-refractivity contribution in [3.05, 3.63) is 0 Å². The van der Waals surface area contributed by atoms with Crippen LogP contribution in [0.15, 0.2) is 0 Å². The van der Waals surface area contributed by atoms with E-state index in [-0.39, 0.29) is 11.7 Å². The van der Waals surface area contributed by atoms with Crippen LogP contribution in [0.2, 0.25) is 0 Å². The van der Waals surface area contributed by atoms with Gasteiger partial charge in [0.15, 0.2) is 0 Å². The average Bonchev–Trinajstić information content (AvgIpc) is 2.45. The molecule has 1 atom stereocenters. The minimum Gasteiger partial charge on any atom is -0.340 e. The van der Waals surface area contributed by atoms with Crippen LogP contribution < -0.4 is 5.73 Å². The van der Waals surface area contributed by atoms with Gasteiger partial charge < -0.3 is 10.6 Å². The maximum atomic E-state index is 12.4. The first-order valence-electron chi connectivity index (χ1n) is 7.28. The van der Waals surface area contributed by atoms with Gasteiger partial charge in [-0.1, -0.05) is 13.8 Å². The van der Waals surface area contributed by atoms with E-state index in [1.54, 1.807) is 4.90 Å². The van der Waals surface area contributed by atoms with Gasteiger partial charge in [-0.15, -0.1) is 0 Å². The molecule has 118 valence electrons. The second kappa shape index (κ2) is 6.87. The van der Waals surface area contributed by atoms with Crippen molar-refractivity contribution in [2.75, 3.05) is 38.5 Å². The Bertz CT molecular complexity index is 424. The van der Waals surface area contributed by atoms with Crippen LogP contribution in [0.1, 0.15) is 33.6 Å². The normalized spacial score (nSPS) is 20.7. The number of hydrogen-bond donors (Lipinski definition) is 1. The molecule has 1 rings (SSSR count). The van der Waals surface area contributed by atoms with Crippen LogP contribution in [0.3, 0.4) is 0 Å². The molecule has 0 aromatic carbocycles. The van der Waals surface area contributed by atoms with Crippen LogP contribution in [0.25, 0.3) is 0 Å². The molecule has 0 aromatic rings. The van der Waals surface area contributed by atoms with E-state index in [1.807, 2.05) is 20.8 Å². The summed E-state index contributed by atoms with van der Waals surface area (Å²) < 4.78 is 25.4. The smallest absolute Gasteiger partial charge is 0.229 e. The molecule has 1 aliphatic heterocycles. The van der Waals surface area contributed by atoms with Gasteiger partial charge in [0.2, 0.25) is 15.9 Å². The Morgan fingerprint density at radius 1 is 1.20 bits per heavy atom. The number of nitrogens with two attached hydrogens (primary N) is 1. The van der Waals surface area contributed by atoms with E-state index < -0.39 is 15.4 Å². The summed E-state index contributed by atoms with van der Waals surface area (Å²) in [7, 11) is -3.16. The molecule has 20 heavy (non-hydrogen) atoms. The first-order valence-corrected chi connectivity index (χ1v) is 8.89. The molecule has 1 unspecified atom stereocenters. The van der Waals surface area contributed by atoms with Gasteiger partial charge in [-0.2, -0.15) is 4.31 Å². The summed E-state index contributed by atoms with van der Waals surface area (Å²) in [6.07, 6.45) is 1.30. The predicted octanol–water partition coefficient (Wildman–Crippen LogP) is 0.245. The van der Waals surface area contributed by atoms with E-state index in [0.29, 0.717) is 45.6 Å². The first-order chi connectivity index (χ1) is 9.30. The third-order valence-electron chi connectivity index (χ3n) is 4.13. The molecule has 1 aliphatic rings. The number of carbonyl (C=O) groups excluding carboxylic acids is 1. The van der Waals surface area contributed by atoms with Crippen molar-refractivity contribution in [2.24, 2.45) is 11.1 Å². The van der Waals surface area contributed by atoms with E-state index in [0.717, 1.165) is 0 Å². The largest absolute Gasteiger partial charge is 0.340 e. The molecule has 1 fully saturated rings. The lowest BCUT2D eigenvalue weighted by Crippen LogP contribution is -2.55. The number of rotatable bonds is 6. The zero-order valence-electron chi connectivity index (χ0n) is 12.8. The van der Waals surface area contributed by atoms with E-state index in [2.05, 4.69) is 0 Å². The van der Waals surface area contributed by atoms with E-state index >= 15 is 0 Å². The molecule has 0 aliphatic carbocycles. The zero-order valence-corrected chi connectivity index (χ0v) is 13.6. The monoisotopic (exact) mass is 305 g/mol. The van der Waals surface area contributed by atoms with E-state index in [4.69, 9.17) is 5.73 Å². The molecular weight excluding hydrogens is 278 g/mol. The Kier molecular flexibility index (Phi) is 5.97. The summed E-state index contributed by atoms with van der Waals surface area (Å²) in [4.78, 5) is 14.2. The summed E-state index contributed by atoms with van der Waals surface area (Å²) in [5, 5.41) is 0. The fraction of sp³-hybridized carbons (Fsp3) is 0.923. The van der Waals surface area contributed by atoms with Crippen molar-refractivity contribution in [3.63, 3.8) is 0 Å². The molecule has 0 spiro atoms. The molecule has 1 saturated heterocycles. The Morgan fingerprint density at radius 2 is 1.75 bits per heavy atom. The van der Waals surface area contributed by atoms with Crippen LogP contribution in [-0.4, -0.2) is 62.0 Å². The third kappa shape index (κ3) is 3.71. The molecule has 0 saturated carbocycles. The Balaban J connectivity index is 2.65. The number of amides is 1. The van der Waals surface area contributed by atoms with E-state index in [9.17, 15) is 13.2 Å². The highest BCUT2D eigenvalue weighted by Crippen LogP contribution is 2.23. The average molecular weight is 305 g/mol. The highest BCUT2D eigenvalue weighted by atomic mass is 32.2. The van der Waals surface area contributed by atoms with Crippen molar-refractivity contribution >= 4 is 15.9 Å². The molecule has 0 bridgehead atoms. The molecule has 0 radical (unpaired) electrons. The maximum absolute atomic E-state index is 12.4. The summed E-state index contributed by atoms with van der Waals surface area (Å²) in [5.74, 6) is 0.214. The van der Waals surface area contributed by atoms with Crippen LogP contribution in [0.5, 0.6) is 0 Å². The first kappa shape index (κ1) is 17.4. The quantitative estimate of drug-likeness (QED) is 0.762. The summed E-state index contributed by atoms with van der Waals surface area (Å²) >= 11 is 0. The van der Waals surface area contributed by atoms with Gasteiger partial charge in [-0.25, -0.2) is 8.42 Å². The van der Waals surface area contributed by atoms with Crippen LogP contribution in [0.4, 0.5) is 0 Å². The lowest BCUT2D eigenvalue weighted by Gasteiger charge is -2.38. The summed E-state index contributed by atoms with van der Waals surface area (Å²) in [6, 6.07) is 0. The number of piperazine rings is 1. The van der Waals surface area contributed by atoms with Crippen LogP contribution >= 0.6 is 0 Å². The summed E-state index contributed by atoms with van der Waals surface area (Å²) in [5.41, 5.74) is 5.17. The number of nitrogens with zero attached hydrogens (tertiary/aromatic N) is 2. The lowest BCUT2D eigenvalue weighted by atomic mass is 9.86. The molecule has 6 nitrogen and oxygen atoms in total. The topological polar surface area (TPSA) is 83.7 Å². The van der Waals surface area contributed by atoms with Crippen LogP contribution in [-0.2, 0) is 14.8 Å². The Hall–Kier alpha value is -0.660. The van der Waals surface area contributed by atoms with Gasteiger partial charge in [0.05, 0.1) is 11.2 Å². The zero-order chi connectivity index (χ0) is 15.4. The molecule has 7 heteroatoms. The Morgan fingerprint density at radius 3 is 2.15 bits per heavy atom. The van der Waals surface area contributed by atoms with Gasteiger partial charge >= 0.3 is 0 Å². The molecular formula is C13H27N3O3S. The summed E-state index contributed by atoms with van der Waals surface area (Å²) in [6.45, 7) is 7.68. The van der Waals surface area contributed by atoms with Gasteiger partial charge in [0.25, 0.3) is 0 Å². The van der Waals surface area contributed by atoms with Crippen molar-refractivity contribution in [2.45, 2.75) is 33.6 Å². The van der Waals surface area contributed by atoms with Gasteiger partial charge in [-0.05, 0) is 19.8 Å². The predicted molar refractivity (Wildman–Crippen MR) is 79.7 cm³/mol. The highest BCUT2D eigenvalue weighted by molar-refractivity contribution is 7.89. The number of sulfonamides is 1. The lowest BCUT2D eigenvalue weighted by molar-refractivity contribution is -0.142. The fourth-order valence-electron chi connectivity index (χ4n) is 2.32. The minimum absolute atomic E-state index is 0.0371. The van der Waals surface area contributed by atoms with Gasteiger partial charge in [0.1, 0.15) is 0 Å². The highest BCUT2D eigenvalue weighted by Gasteiger charge is 2.36. The molecule has 0 aromatic heterocycles. The number of carbonyl (C=O) groups is 1. The second-order valence-corrected chi connectivity index (χ2v) is 7.71. The SMILES string of the molecule is CCCS(=O)(=O)N1CCN(C(=O)C(C)(CC)CN)CC1. The van der Waals surface area contributed by atoms with Crippen LogP contribution in [0, 0.1) is 5.41 Å². The van der Waals surface area contributed by atoms with Crippen molar-refractivity contribution in [3.8, 4) is 0 Å². The van der Waals surface area contributed by atoms with Crippen molar-refractivity contribution in [1.82, 2.24) is 9.21 Å². The van der Waals surface area contributed by atoms with Gasteiger partial charge in [-0.3, -0.25) is 4.79 Å². The van der Waals surface area contributed by atoms with E-state index in [1.165, 1.54) is 4.31 Å². The van der Waals surface area contributed by atoms with Gasteiger partial charge in [0, 0.05) is 32.7 Å². The maximum Gasteiger partial charge on any atom is 0.229 e. The second-order valence-electron chi connectivity index (χ2n) is 5.63. The van der Waals surface area contributed by atoms with Crippen molar-refractivity contribution in [1.29, 1.82) is 0 Å².